The van der Waals surface area contributed by atoms with Gasteiger partial charge in [-0.15, -0.1) is 0 Å². The first-order valence-electron chi connectivity index (χ1n) is 39.7. The lowest BCUT2D eigenvalue weighted by molar-refractivity contribution is -0.870. The van der Waals surface area contributed by atoms with Crippen LogP contribution in [0.25, 0.3) is 0 Å². The third-order valence-corrected chi connectivity index (χ3v) is 18.7. The first-order valence-corrected chi connectivity index (χ1v) is 41.2. The highest BCUT2D eigenvalue weighted by atomic mass is 31.2. The van der Waals surface area contributed by atoms with Crippen molar-refractivity contribution in [1.82, 2.24) is 0 Å². The number of ether oxygens (including phenoxy) is 2. The van der Waals surface area contributed by atoms with Crippen molar-refractivity contribution in [3.05, 3.63) is 72.9 Å². The number of hydrogen-bond donors (Lipinski definition) is 1. The molecule has 0 aliphatic rings. The normalized spacial score (nSPS) is 13.4. The first-order chi connectivity index (χ1) is 45.0. The van der Waals surface area contributed by atoms with Gasteiger partial charge in [0.25, 0.3) is 0 Å². The van der Waals surface area contributed by atoms with E-state index < -0.39 is 26.5 Å². The third kappa shape index (κ3) is 76.5. The van der Waals surface area contributed by atoms with Gasteiger partial charge in [-0.3, -0.25) is 18.6 Å². The van der Waals surface area contributed by atoms with Crippen LogP contribution in [-0.2, 0) is 32.7 Å². The maximum Gasteiger partial charge on any atom is 0.472 e. The predicted octanol–water partition coefficient (Wildman–Crippen LogP) is 26.3. The molecular formula is C82H153NO8P+. The average Bonchev–Trinajstić information content (AvgIpc) is 2.14. The Morgan fingerprint density at radius 1 is 0.348 bits per heavy atom. The summed E-state index contributed by atoms with van der Waals surface area (Å²) >= 11 is 0. The number of carbonyl (C=O) groups excluding carboxylic acids is 2. The number of phosphoric ester groups is 1. The lowest BCUT2D eigenvalue weighted by atomic mass is 10.0. The van der Waals surface area contributed by atoms with Crippen LogP contribution in [0.3, 0.4) is 0 Å². The number of rotatable bonds is 74. The van der Waals surface area contributed by atoms with Gasteiger partial charge < -0.3 is 18.9 Å². The lowest BCUT2D eigenvalue weighted by Crippen LogP contribution is -2.37. The molecule has 0 radical (unpaired) electrons. The van der Waals surface area contributed by atoms with Gasteiger partial charge in [0.1, 0.15) is 19.8 Å². The highest BCUT2D eigenvalue weighted by Gasteiger charge is 2.27. The van der Waals surface area contributed by atoms with Crippen LogP contribution in [0, 0.1) is 0 Å². The molecule has 538 valence electrons. The molecule has 0 aliphatic carbocycles. The van der Waals surface area contributed by atoms with Crippen molar-refractivity contribution in [3.63, 3.8) is 0 Å². The van der Waals surface area contributed by atoms with Gasteiger partial charge in [0, 0.05) is 12.8 Å². The summed E-state index contributed by atoms with van der Waals surface area (Å²) in [7, 11) is 1.49. The average molecular weight is 1310 g/mol. The van der Waals surface area contributed by atoms with Crippen LogP contribution < -0.4 is 0 Å². The molecule has 0 saturated heterocycles. The number of quaternary nitrogens is 1. The van der Waals surface area contributed by atoms with Gasteiger partial charge in [0.2, 0.25) is 0 Å². The molecule has 0 bridgehead atoms. The number of allylic oxidation sites excluding steroid dienone is 12. The van der Waals surface area contributed by atoms with Crippen LogP contribution >= 0.6 is 7.82 Å². The molecule has 10 heteroatoms. The van der Waals surface area contributed by atoms with Crippen molar-refractivity contribution in [2.75, 3.05) is 47.5 Å². The Morgan fingerprint density at radius 3 is 0.924 bits per heavy atom. The minimum Gasteiger partial charge on any atom is -0.462 e. The van der Waals surface area contributed by atoms with E-state index in [1.165, 1.54) is 289 Å². The molecule has 0 fully saturated rings. The van der Waals surface area contributed by atoms with Crippen molar-refractivity contribution in [1.29, 1.82) is 0 Å². The minimum absolute atomic E-state index is 0.0330. The molecule has 0 spiro atoms. The fraction of sp³-hybridized carbons (Fsp3) is 0.829. The fourth-order valence-electron chi connectivity index (χ4n) is 11.7. The van der Waals surface area contributed by atoms with Crippen LogP contribution in [0.5, 0.6) is 0 Å². The van der Waals surface area contributed by atoms with Gasteiger partial charge in [-0.2, -0.15) is 0 Å². The molecule has 9 nitrogen and oxygen atoms in total. The quantitative estimate of drug-likeness (QED) is 0.0211. The largest absolute Gasteiger partial charge is 0.472 e. The summed E-state index contributed by atoms with van der Waals surface area (Å²) in [5.41, 5.74) is 0. The summed E-state index contributed by atoms with van der Waals surface area (Å²) in [6.07, 6.45) is 99.1. The molecule has 92 heavy (non-hydrogen) atoms. The summed E-state index contributed by atoms with van der Waals surface area (Å²) in [5.74, 6) is -0.777. The number of unbranched alkanes of at least 4 members (excludes halogenated alkanes) is 48. The maximum atomic E-state index is 12.9. The minimum atomic E-state index is -4.39. The smallest absolute Gasteiger partial charge is 0.462 e. The number of phosphoric acid groups is 1. The SMILES string of the molecule is CC/C=C\C/C=C\C/C=C\C/C=C\CCCCCCCCCCCCCCCCCCCCC(=O)OC(COC(=O)CCCCCCCCCCCCCCCCCCCCCCCCCCC/C=C\C/C=C\CCCCCCC)COP(=O)(O)OCC[N+](C)(C)C. The fourth-order valence-corrected chi connectivity index (χ4v) is 12.4. The summed E-state index contributed by atoms with van der Waals surface area (Å²) in [5, 5.41) is 0. The summed E-state index contributed by atoms with van der Waals surface area (Å²) in [6, 6.07) is 0. The predicted molar refractivity (Wildman–Crippen MR) is 399 cm³/mol. The second kappa shape index (κ2) is 72.7. The first kappa shape index (κ1) is 89.5. The summed E-state index contributed by atoms with van der Waals surface area (Å²) in [4.78, 5) is 36.0. The highest BCUT2D eigenvalue weighted by Crippen LogP contribution is 2.43. The van der Waals surface area contributed by atoms with E-state index in [0.717, 1.165) is 64.2 Å². The van der Waals surface area contributed by atoms with Gasteiger partial charge in [0.05, 0.1) is 27.7 Å². The van der Waals surface area contributed by atoms with E-state index in [2.05, 4.69) is 86.8 Å². The molecule has 0 aromatic rings. The molecule has 0 aliphatic heterocycles. The van der Waals surface area contributed by atoms with Gasteiger partial charge in [-0.1, -0.05) is 363 Å². The molecule has 2 unspecified atom stereocenters. The molecule has 0 amide bonds. The van der Waals surface area contributed by atoms with Gasteiger partial charge >= 0.3 is 19.8 Å². The molecule has 2 atom stereocenters. The summed E-state index contributed by atoms with van der Waals surface area (Å²) < 4.78 is 34.8. The zero-order valence-corrected chi connectivity index (χ0v) is 62.4. The lowest BCUT2D eigenvalue weighted by Gasteiger charge is -2.24. The highest BCUT2D eigenvalue weighted by molar-refractivity contribution is 7.47. The Labute approximate surface area is 571 Å². The third-order valence-electron chi connectivity index (χ3n) is 17.7. The molecule has 0 rings (SSSR count). The van der Waals surface area contributed by atoms with Gasteiger partial charge in [0.15, 0.2) is 6.10 Å². The van der Waals surface area contributed by atoms with E-state index in [-0.39, 0.29) is 25.6 Å². The second-order valence-electron chi connectivity index (χ2n) is 28.1. The Morgan fingerprint density at radius 2 is 0.620 bits per heavy atom. The van der Waals surface area contributed by atoms with Crippen molar-refractivity contribution in [3.8, 4) is 0 Å². The van der Waals surface area contributed by atoms with Gasteiger partial charge in [-0.05, 0) is 83.5 Å². The summed E-state index contributed by atoms with van der Waals surface area (Å²) in [6.45, 7) is 4.37. The number of hydrogen-bond acceptors (Lipinski definition) is 7. The zero-order chi connectivity index (χ0) is 66.9. The van der Waals surface area contributed by atoms with Crippen LogP contribution in [0.15, 0.2) is 72.9 Å². The van der Waals surface area contributed by atoms with Crippen molar-refractivity contribution in [2.45, 2.75) is 392 Å². The Kier molecular flexibility index (Phi) is 70.7. The Hall–Kier alpha value is -2.55. The number of nitrogens with zero attached hydrogens (tertiary/aromatic N) is 1. The standard InChI is InChI=1S/C82H152NO8P/c1-6-8-10-12-14-16-18-20-22-24-26-28-30-32-34-36-38-39-40-41-42-43-45-46-48-50-52-54-56-58-60-62-64-66-68-70-72-74-81(84)88-78-80(79-90-92(86,87)89-77-76-83(3,4)5)91-82(85)75-73-71-69-67-65-63-61-59-57-55-53-51-49-47-44-37-35-33-31-29-27-25-23-21-19-17-15-13-11-9-7-2/h9,11,15,17-18,20-21,23-24,26-27,29,80H,6-8,10,12-14,16,19,22,25,28,30-79H2,1-5H3/p+1/b11-9-,17-15-,20-18-,23-21-,26-24-,29-27-. The van der Waals surface area contributed by atoms with E-state index in [0.29, 0.717) is 23.9 Å². The number of carbonyl (C=O) groups is 2. The van der Waals surface area contributed by atoms with E-state index in [1.54, 1.807) is 0 Å². The van der Waals surface area contributed by atoms with Crippen LogP contribution in [0.4, 0.5) is 0 Å². The topological polar surface area (TPSA) is 108 Å². The van der Waals surface area contributed by atoms with Crippen molar-refractivity contribution in [2.24, 2.45) is 0 Å². The molecule has 0 saturated carbocycles. The molecule has 0 aromatic heterocycles. The Balaban J connectivity index is 3.92. The van der Waals surface area contributed by atoms with Crippen molar-refractivity contribution >= 4 is 19.8 Å². The molecular weight excluding hydrogens is 1160 g/mol. The Bertz CT molecular complexity index is 1780. The maximum absolute atomic E-state index is 12.9. The molecule has 0 heterocycles. The monoisotopic (exact) mass is 1310 g/mol. The van der Waals surface area contributed by atoms with Crippen LogP contribution in [0.1, 0.15) is 386 Å². The van der Waals surface area contributed by atoms with Crippen molar-refractivity contribution < 1.29 is 42.1 Å². The number of esters is 2. The van der Waals surface area contributed by atoms with Crippen LogP contribution in [0.2, 0.25) is 0 Å². The van der Waals surface area contributed by atoms with E-state index >= 15 is 0 Å². The molecule has 1 N–H and O–H groups in total. The zero-order valence-electron chi connectivity index (χ0n) is 61.5. The van der Waals surface area contributed by atoms with E-state index in [4.69, 9.17) is 18.5 Å². The van der Waals surface area contributed by atoms with Gasteiger partial charge in [-0.25, -0.2) is 4.57 Å². The van der Waals surface area contributed by atoms with Crippen LogP contribution in [-0.4, -0.2) is 74.9 Å². The van der Waals surface area contributed by atoms with E-state index in [9.17, 15) is 19.0 Å². The molecule has 0 aromatic carbocycles. The van der Waals surface area contributed by atoms with E-state index in [1.807, 2.05) is 21.1 Å². The number of likely N-dealkylation sites (N-methyl/N-ethyl adjacent to an activating group) is 1. The second-order valence-corrected chi connectivity index (χ2v) is 29.5.